The molecule has 2 aliphatic rings. The van der Waals surface area contributed by atoms with Crippen molar-refractivity contribution in [3.8, 4) is 11.5 Å². The van der Waals surface area contributed by atoms with E-state index in [-0.39, 0.29) is 30.8 Å². The molecule has 2 aromatic rings. The Labute approximate surface area is 198 Å². The van der Waals surface area contributed by atoms with Crippen molar-refractivity contribution in [3.63, 3.8) is 0 Å². The minimum Gasteiger partial charge on any atom is -0.454 e. The normalized spacial score (nSPS) is 16.7. The molecule has 176 valence electrons. The molecule has 1 atom stereocenters. The van der Waals surface area contributed by atoms with Gasteiger partial charge < -0.3 is 19.7 Å². The van der Waals surface area contributed by atoms with Crippen LogP contribution in [0.1, 0.15) is 55.7 Å². The summed E-state index contributed by atoms with van der Waals surface area (Å²) in [4.78, 5) is 27.9. The Balaban J connectivity index is 1.66. The van der Waals surface area contributed by atoms with E-state index in [1.165, 1.54) is 11.0 Å². The topological polar surface area (TPSA) is 67.9 Å². The Morgan fingerprint density at radius 3 is 2.52 bits per heavy atom. The predicted molar refractivity (Wildman–Crippen MR) is 123 cm³/mol. The minimum atomic E-state index is -1.15. The van der Waals surface area contributed by atoms with Crippen molar-refractivity contribution in [2.45, 2.75) is 57.2 Å². The van der Waals surface area contributed by atoms with Crippen molar-refractivity contribution in [2.24, 2.45) is 0 Å². The van der Waals surface area contributed by atoms with Crippen LogP contribution in [0.15, 0.2) is 42.5 Å². The predicted octanol–water partition coefficient (Wildman–Crippen LogP) is 4.70. The molecule has 2 aromatic carbocycles. The number of fused-ring (bicyclic) bond motifs is 1. The zero-order chi connectivity index (χ0) is 23.2. The molecule has 1 aliphatic heterocycles. The number of hydrogen-bond donors (Lipinski definition) is 1. The molecular weight excluding hydrogens is 447 g/mol. The van der Waals surface area contributed by atoms with Crippen molar-refractivity contribution in [1.29, 1.82) is 0 Å². The third-order valence-corrected chi connectivity index (χ3v) is 6.41. The van der Waals surface area contributed by atoms with E-state index in [1.54, 1.807) is 36.4 Å². The first kappa shape index (κ1) is 23.4. The van der Waals surface area contributed by atoms with Gasteiger partial charge in [0.1, 0.15) is 17.7 Å². The maximum atomic E-state index is 14.9. The van der Waals surface area contributed by atoms with Crippen LogP contribution in [0.3, 0.4) is 0 Å². The van der Waals surface area contributed by atoms with E-state index in [0.29, 0.717) is 11.5 Å². The summed E-state index contributed by atoms with van der Waals surface area (Å²) in [6.45, 7) is 0.198. The lowest BCUT2D eigenvalue weighted by atomic mass is 10.0. The number of amides is 2. The van der Waals surface area contributed by atoms with Crippen molar-refractivity contribution >= 4 is 23.4 Å². The summed E-state index contributed by atoms with van der Waals surface area (Å²) in [5, 5.41) is 3.08. The van der Waals surface area contributed by atoms with Crippen LogP contribution in [0.25, 0.3) is 0 Å². The molecule has 0 saturated heterocycles. The Morgan fingerprint density at radius 1 is 1.06 bits per heavy atom. The summed E-state index contributed by atoms with van der Waals surface area (Å²) in [5.74, 6) is -0.546. The summed E-state index contributed by atoms with van der Waals surface area (Å²) >= 11 is 5.93. The van der Waals surface area contributed by atoms with Gasteiger partial charge in [0.05, 0.1) is 0 Å². The lowest BCUT2D eigenvalue weighted by Gasteiger charge is -2.32. The Bertz CT molecular complexity index is 994. The molecular formula is C25H28ClFN2O4. The monoisotopic (exact) mass is 474 g/mol. The van der Waals surface area contributed by atoms with Gasteiger partial charge in [-0.25, -0.2) is 4.39 Å². The van der Waals surface area contributed by atoms with Gasteiger partial charge in [0.2, 0.25) is 18.6 Å². The third kappa shape index (κ3) is 5.58. The number of nitrogens with zero attached hydrogens (tertiary/aromatic N) is 1. The molecule has 1 saturated carbocycles. The number of carbonyl (C=O) groups is 2. The lowest BCUT2D eigenvalue weighted by Crippen LogP contribution is -2.47. The molecule has 1 heterocycles. The highest BCUT2D eigenvalue weighted by Gasteiger charge is 2.34. The van der Waals surface area contributed by atoms with Crippen LogP contribution in [0.5, 0.6) is 11.5 Å². The third-order valence-electron chi connectivity index (χ3n) is 6.19. The van der Waals surface area contributed by atoms with Crippen LogP contribution in [-0.2, 0) is 16.1 Å². The fourth-order valence-electron chi connectivity index (χ4n) is 4.49. The number of rotatable bonds is 7. The summed E-state index contributed by atoms with van der Waals surface area (Å²) in [6, 6.07) is 10.2. The Morgan fingerprint density at radius 2 is 1.79 bits per heavy atom. The fraction of sp³-hybridized carbons (Fsp3) is 0.440. The minimum absolute atomic E-state index is 0.00719. The first-order valence-corrected chi connectivity index (χ1v) is 11.9. The second-order valence-corrected chi connectivity index (χ2v) is 8.73. The smallest absolute Gasteiger partial charge is 0.247 e. The van der Waals surface area contributed by atoms with E-state index < -0.39 is 23.7 Å². The molecule has 2 amide bonds. The number of halogens is 2. The molecule has 0 aromatic heterocycles. The standard InChI is InChI=1S/C25H28ClFN2O4/c26-14-23(30)29(15-17-11-12-21-22(13-17)33-16-32-21)24(19-9-5-6-10-20(19)27)25(31)28-18-7-3-1-2-4-8-18/h5-6,9-13,18,24H,1-4,7-8,14-16H2,(H,28,31). The molecule has 4 rings (SSSR count). The van der Waals surface area contributed by atoms with Gasteiger partial charge in [0.25, 0.3) is 0 Å². The highest BCUT2D eigenvalue weighted by Crippen LogP contribution is 2.34. The van der Waals surface area contributed by atoms with E-state index >= 15 is 0 Å². The van der Waals surface area contributed by atoms with Crippen molar-refractivity contribution in [3.05, 3.63) is 59.4 Å². The highest BCUT2D eigenvalue weighted by atomic mass is 35.5. The number of alkyl halides is 1. The van der Waals surface area contributed by atoms with Crippen LogP contribution in [-0.4, -0.2) is 35.4 Å². The number of benzene rings is 2. The van der Waals surface area contributed by atoms with Crippen molar-refractivity contribution in [1.82, 2.24) is 10.2 Å². The molecule has 33 heavy (non-hydrogen) atoms. The average Bonchev–Trinajstić information content (AvgIpc) is 3.14. The molecule has 1 fully saturated rings. The summed E-state index contributed by atoms with van der Waals surface area (Å²) < 4.78 is 25.7. The van der Waals surface area contributed by atoms with E-state index in [2.05, 4.69) is 5.32 Å². The molecule has 6 nitrogen and oxygen atoms in total. The van der Waals surface area contributed by atoms with E-state index in [9.17, 15) is 14.0 Å². The SMILES string of the molecule is O=C(NC1CCCCCC1)C(c1ccccc1F)N(Cc1ccc2c(c1)OCO2)C(=O)CCl. The molecule has 0 spiro atoms. The van der Waals surface area contributed by atoms with Gasteiger partial charge in [-0.05, 0) is 36.6 Å². The van der Waals surface area contributed by atoms with Gasteiger partial charge in [-0.1, -0.05) is 49.9 Å². The average molecular weight is 475 g/mol. The van der Waals surface area contributed by atoms with Gasteiger partial charge in [-0.3, -0.25) is 9.59 Å². The van der Waals surface area contributed by atoms with Gasteiger partial charge >= 0.3 is 0 Å². The number of carbonyl (C=O) groups excluding carboxylic acids is 2. The largest absolute Gasteiger partial charge is 0.454 e. The van der Waals surface area contributed by atoms with Crippen LogP contribution >= 0.6 is 11.6 Å². The first-order valence-electron chi connectivity index (χ1n) is 11.4. The van der Waals surface area contributed by atoms with Gasteiger partial charge in [0.15, 0.2) is 11.5 Å². The second-order valence-electron chi connectivity index (χ2n) is 8.46. The van der Waals surface area contributed by atoms with Crippen molar-refractivity contribution < 1.29 is 23.5 Å². The van der Waals surface area contributed by atoms with E-state index in [4.69, 9.17) is 21.1 Å². The van der Waals surface area contributed by atoms with E-state index in [1.807, 2.05) is 0 Å². The Hall–Kier alpha value is -2.80. The number of ether oxygens (including phenoxy) is 2. The van der Waals surface area contributed by atoms with Gasteiger partial charge in [0, 0.05) is 18.2 Å². The number of hydrogen-bond acceptors (Lipinski definition) is 4. The zero-order valence-corrected chi connectivity index (χ0v) is 19.2. The molecule has 1 aliphatic carbocycles. The zero-order valence-electron chi connectivity index (χ0n) is 18.4. The maximum absolute atomic E-state index is 14.9. The second kappa shape index (κ2) is 10.9. The molecule has 8 heteroatoms. The highest BCUT2D eigenvalue weighted by molar-refractivity contribution is 6.27. The van der Waals surface area contributed by atoms with Gasteiger partial charge in [-0.15, -0.1) is 11.6 Å². The summed E-state index contributed by atoms with van der Waals surface area (Å²) in [5.41, 5.74) is 0.865. The molecule has 0 radical (unpaired) electrons. The first-order chi connectivity index (χ1) is 16.1. The maximum Gasteiger partial charge on any atom is 0.247 e. The molecule has 1 N–H and O–H groups in total. The van der Waals surface area contributed by atoms with E-state index in [0.717, 1.165) is 44.1 Å². The van der Waals surface area contributed by atoms with Gasteiger partial charge in [-0.2, -0.15) is 0 Å². The summed E-state index contributed by atoms with van der Waals surface area (Å²) in [6.07, 6.45) is 6.12. The van der Waals surface area contributed by atoms with Crippen LogP contribution in [0.4, 0.5) is 4.39 Å². The molecule has 0 bridgehead atoms. The molecule has 1 unspecified atom stereocenters. The quantitative estimate of drug-likeness (QED) is 0.466. The fourth-order valence-corrected chi connectivity index (χ4v) is 4.64. The van der Waals surface area contributed by atoms with Crippen LogP contribution in [0.2, 0.25) is 0 Å². The van der Waals surface area contributed by atoms with Crippen LogP contribution < -0.4 is 14.8 Å². The lowest BCUT2D eigenvalue weighted by molar-refractivity contribution is -0.140. The Kier molecular flexibility index (Phi) is 7.70. The number of nitrogens with one attached hydrogen (secondary N) is 1. The van der Waals surface area contributed by atoms with Crippen molar-refractivity contribution in [2.75, 3.05) is 12.7 Å². The summed E-state index contributed by atoms with van der Waals surface area (Å²) in [7, 11) is 0. The van der Waals surface area contributed by atoms with Crippen LogP contribution in [0, 0.1) is 5.82 Å².